The highest BCUT2D eigenvalue weighted by molar-refractivity contribution is 7.15. The third-order valence-electron chi connectivity index (χ3n) is 4.88. The number of carbonyl (C=O) groups excluding carboxylic acids is 1. The molecule has 0 unspecified atom stereocenters. The standard InChI is InChI=1S/C22H22N4O2S/c1-13-5-7-17(14(2)9-13)22-23-15(3)20(29-22)11-21(27)28-12-16-6-8-19-18(10-16)24-25-26(19)4/h5-10H,11-12H2,1-4H3. The van der Waals surface area contributed by atoms with Gasteiger partial charge >= 0.3 is 5.97 Å². The Morgan fingerprint density at radius 2 is 1.97 bits per heavy atom. The molecule has 0 N–H and O–H groups in total. The molecule has 0 saturated heterocycles. The van der Waals surface area contributed by atoms with Crippen molar-refractivity contribution in [2.45, 2.75) is 33.8 Å². The van der Waals surface area contributed by atoms with E-state index in [1.165, 1.54) is 11.1 Å². The third-order valence-corrected chi connectivity index (χ3v) is 6.08. The van der Waals surface area contributed by atoms with Crippen molar-refractivity contribution in [3.63, 3.8) is 0 Å². The molecular formula is C22H22N4O2S. The Bertz CT molecular complexity index is 1210. The molecule has 0 radical (unpaired) electrons. The lowest BCUT2D eigenvalue weighted by molar-refractivity contribution is -0.144. The predicted octanol–water partition coefficient (Wildman–Crippen LogP) is 4.30. The van der Waals surface area contributed by atoms with Crippen LogP contribution in [0.15, 0.2) is 36.4 Å². The van der Waals surface area contributed by atoms with E-state index in [2.05, 4.69) is 47.3 Å². The van der Waals surface area contributed by atoms with E-state index in [0.29, 0.717) is 0 Å². The average molecular weight is 407 g/mol. The second kappa shape index (κ2) is 7.75. The number of fused-ring (bicyclic) bond motifs is 1. The molecule has 0 aliphatic heterocycles. The summed E-state index contributed by atoms with van der Waals surface area (Å²) in [4.78, 5) is 18.0. The van der Waals surface area contributed by atoms with Gasteiger partial charge in [-0.15, -0.1) is 16.4 Å². The van der Waals surface area contributed by atoms with Gasteiger partial charge in [0.25, 0.3) is 0 Å². The summed E-state index contributed by atoms with van der Waals surface area (Å²) in [5.74, 6) is -0.261. The van der Waals surface area contributed by atoms with Gasteiger partial charge in [-0.05, 0) is 44.0 Å². The van der Waals surface area contributed by atoms with Crippen molar-refractivity contribution in [1.29, 1.82) is 0 Å². The second-order valence-corrected chi connectivity index (χ2v) is 8.30. The Hall–Kier alpha value is -3.06. The van der Waals surface area contributed by atoms with Crippen LogP contribution >= 0.6 is 11.3 Å². The van der Waals surface area contributed by atoms with E-state index in [9.17, 15) is 4.79 Å². The molecule has 0 aliphatic rings. The van der Waals surface area contributed by atoms with Gasteiger partial charge < -0.3 is 4.74 Å². The maximum Gasteiger partial charge on any atom is 0.311 e. The van der Waals surface area contributed by atoms with Crippen LogP contribution in [0.1, 0.15) is 27.3 Å². The van der Waals surface area contributed by atoms with Gasteiger partial charge in [0, 0.05) is 17.5 Å². The molecule has 2 aromatic carbocycles. The van der Waals surface area contributed by atoms with Crippen LogP contribution in [0.3, 0.4) is 0 Å². The van der Waals surface area contributed by atoms with Gasteiger partial charge in [0.2, 0.25) is 0 Å². The molecule has 0 fully saturated rings. The molecule has 2 heterocycles. The lowest BCUT2D eigenvalue weighted by atomic mass is 10.1. The molecule has 2 aromatic heterocycles. The van der Waals surface area contributed by atoms with Gasteiger partial charge in [-0.25, -0.2) is 9.67 Å². The largest absolute Gasteiger partial charge is 0.461 e. The van der Waals surface area contributed by atoms with E-state index in [4.69, 9.17) is 4.74 Å². The van der Waals surface area contributed by atoms with E-state index in [1.54, 1.807) is 16.0 Å². The lowest BCUT2D eigenvalue weighted by Crippen LogP contribution is -2.07. The highest BCUT2D eigenvalue weighted by Gasteiger charge is 2.15. The summed E-state index contributed by atoms with van der Waals surface area (Å²) in [7, 11) is 1.85. The predicted molar refractivity (Wildman–Crippen MR) is 114 cm³/mol. The molecule has 148 valence electrons. The van der Waals surface area contributed by atoms with Gasteiger partial charge in [-0.2, -0.15) is 0 Å². The lowest BCUT2D eigenvalue weighted by Gasteiger charge is -2.05. The molecule has 0 bridgehead atoms. The van der Waals surface area contributed by atoms with Crippen molar-refractivity contribution in [2.24, 2.45) is 7.05 Å². The zero-order valence-corrected chi connectivity index (χ0v) is 17.7. The Labute approximate surface area is 173 Å². The fourth-order valence-corrected chi connectivity index (χ4v) is 4.42. The summed E-state index contributed by atoms with van der Waals surface area (Å²) in [5.41, 5.74) is 7.03. The summed E-state index contributed by atoms with van der Waals surface area (Å²) in [6, 6.07) is 12.1. The molecule has 0 saturated carbocycles. The number of hydrogen-bond acceptors (Lipinski definition) is 6. The summed E-state index contributed by atoms with van der Waals surface area (Å²) < 4.78 is 7.20. The van der Waals surface area contributed by atoms with E-state index in [-0.39, 0.29) is 19.0 Å². The number of ether oxygens (including phenoxy) is 1. The van der Waals surface area contributed by atoms with Crippen molar-refractivity contribution in [3.05, 3.63) is 63.7 Å². The smallest absolute Gasteiger partial charge is 0.311 e. The molecule has 6 nitrogen and oxygen atoms in total. The number of carbonyl (C=O) groups is 1. The third kappa shape index (κ3) is 4.05. The fraction of sp³-hybridized carbons (Fsp3) is 0.273. The zero-order valence-electron chi connectivity index (χ0n) is 16.9. The van der Waals surface area contributed by atoms with Crippen LogP contribution in [0.5, 0.6) is 0 Å². The summed E-state index contributed by atoms with van der Waals surface area (Å²) in [5, 5.41) is 9.03. The van der Waals surface area contributed by atoms with Crippen LogP contribution in [0, 0.1) is 20.8 Å². The van der Waals surface area contributed by atoms with E-state index in [0.717, 1.165) is 37.7 Å². The van der Waals surface area contributed by atoms with Crippen LogP contribution in [0.2, 0.25) is 0 Å². The van der Waals surface area contributed by atoms with E-state index >= 15 is 0 Å². The number of rotatable bonds is 5. The van der Waals surface area contributed by atoms with Crippen LogP contribution in [-0.2, 0) is 29.6 Å². The number of hydrogen-bond donors (Lipinski definition) is 0. The van der Waals surface area contributed by atoms with Crippen molar-refractivity contribution in [2.75, 3.05) is 0 Å². The van der Waals surface area contributed by atoms with Crippen molar-refractivity contribution < 1.29 is 9.53 Å². The molecule has 29 heavy (non-hydrogen) atoms. The topological polar surface area (TPSA) is 69.9 Å². The molecular weight excluding hydrogens is 384 g/mol. The SMILES string of the molecule is Cc1ccc(-c2nc(C)c(CC(=O)OCc3ccc4c(c3)nnn4C)s2)c(C)c1. The zero-order chi connectivity index (χ0) is 20.5. The first-order valence-corrected chi connectivity index (χ1v) is 10.2. The maximum atomic E-state index is 12.4. The van der Waals surface area contributed by atoms with Gasteiger partial charge in [-0.3, -0.25) is 4.79 Å². The van der Waals surface area contributed by atoms with Crippen LogP contribution in [-0.4, -0.2) is 25.9 Å². The fourth-order valence-electron chi connectivity index (χ4n) is 3.28. The number of benzene rings is 2. The molecule has 4 aromatic rings. The van der Waals surface area contributed by atoms with Gasteiger partial charge in [0.1, 0.15) is 17.1 Å². The number of aromatic nitrogens is 4. The molecule has 0 aliphatic carbocycles. The Balaban J connectivity index is 1.43. The minimum absolute atomic E-state index is 0.215. The highest BCUT2D eigenvalue weighted by atomic mass is 32.1. The number of thiazole rings is 1. The van der Waals surface area contributed by atoms with E-state index < -0.39 is 0 Å². The highest BCUT2D eigenvalue weighted by Crippen LogP contribution is 2.31. The van der Waals surface area contributed by atoms with Crippen molar-refractivity contribution in [3.8, 4) is 10.6 Å². The van der Waals surface area contributed by atoms with Crippen molar-refractivity contribution >= 4 is 28.3 Å². The quantitative estimate of drug-likeness (QED) is 0.462. The second-order valence-electron chi connectivity index (χ2n) is 7.22. The van der Waals surface area contributed by atoms with Crippen LogP contribution in [0.4, 0.5) is 0 Å². The van der Waals surface area contributed by atoms with Crippen LogP contribution in [0.25, 0.3) is 21.6 Å². The normalized spacial score (nSPS) is 11.2. The maximum absolute atomic E-state index is 12.4. The minimum atomic E-state index is -0.261. The number of esters is 1. The molecule has 0 spiro atoms. The van der Waals surface area contributed by atoms with Gasteiger partial charge in [0.05, 0.1) is 17.6 Å². The van der Waals surface area contributed by atoms with Crippen molar-refractivity contribution in [1.82, 2.24) is 20.0 Å². The molecule has 0 atom stereocenters. The average Bonchev–Trinajstić information content (AvgIpc) is 3.23. The molecule has 7 heteroatoms. The van der Waals surface area contributed by atoms with Crippen LogP contribution < -0.4 is 0 Å². The summed E-state index contributed by atoms with van der Waals surface area (Å²) in [6.07, 6.45) is 0.224. The molecule has 4 rings (SSSR count). The Morgan fingerprint density at radius 1 is 1.14 bits per heavy atom. The molecule has 0 amide bonds. The first-order valence-electron chi connectivity index (χ1n) is 9.38. The minimum Gasteiger partial charge on any atom is -0.461 e. The monoisotopic (exact) mass is 406 g/mol. The number of nitrogens with zero attached hydrogens (tertiary/aromatic N) is 4. The summed E-state index contributed by atoms with van der Waals surface area (Å²) in [6.45, 7) is 6.32. The first-order chi connectivity index (χ1) is 13.9. The van der Waals surface area contributed by atoms with E-state index in [1.807, 2.05) is 32.2 Å². The van der Waals surface area contributed by atoms with Gasteiger partial charge in [-0.1, -0.05) is 35.0 Å². The number of aryl methyl sites for hydroxylation is 4. The van der Waals surface area contributed by atoms with Gasteiger partial charge in [0.15, 0.2) is 0 Å². The Morgan fingerprint density at radius 3 is 2.76 bits per heavy atom. The first kappa shape index (κ1) is 19.3. The Kier molecular flexibility index (Phi) is 5.15. The summed E-state index contributed by atoms with van der Waals surface area (Å²) >= 11 is 1.55.